The van der Waals surface area contributed by atoms with Crippen LogP contribution in [-0.4, -0.2) is 41.3 Å². The molecule has 0 fully saturated rings. The van der Waals surface area contributed by atoms with Gasteiger partial charge in [-0.25, -0.2) is 4.79 Å². The maximum absolute atomic E-state index is 11.8. The van der Waals surface area contributed by atoms with Crippen molar-refractivity contribution in [3.8, 4) is 5.75 Å². The van der Waals surface area contributed by atoms with Crippen molar-refractivity contribution >= 4 is 11.9 Å². The lowest BCUT2D eigenvalue weighted by molar-refractivity contribution is -0.140. The highest BCUT2D eigenvalue weighted by atomic mass is 16.5. The van der Waals surface area contributed by atoms with E-state index in [0.717, 1.165) is 6.42 Å². The van der Waals surface area contributed by atoms with Gasteiger partial charge < -0.3 is 20.3 Å². The highest BCUT2D eigenvalue weighted by Crippen LogP contribution is 2.13. The van der Waals surface area contributed by atoms with Crippen molar-refractivity contribution in [3.63, 3.8) is 0 Å². The Kier molecular flexibility index (Phi) is 6.68. The Balaban J connectivity index is 2.56. The maximum Gasteiger partial charge on any atom is 0.328 e. The number of aliphatic hydroxyl groups is 1. The minimum absolute atomic E-state index is 0.311. The van der Waals surface area contributed by atoms with E-state index in [1.165, 1.54) is 0 Å². The predicted octanol–water partition coefficient (Wildman–Crippen LogP) is 1.29. The van der Waals surface area contributed by atoms with Crippen molar-refractivity contribution < 1.29 is 24.5 Å². The minimum Gasteiger partial charge on any atom is -0.494 e. The Labute approximate surface area is 123 Å². The highest BCUT2D eigenvalue weighted by molar-refractivity contribution is 5.96. The van der Waals surface area contributed by atoms with Crippen LogP contribution in [0.25, 0.3) is 0 Å². The van der Waals surface area contributed by atoms with Gasteiger partial charge in [-0.15, -0.1) is 0 Å². The van der Waals surface area contributed by atoms with Gasteiger partial charge in [0, 0.05) is 5.56 Å². The lowest BCUT2D eigenvalue weighted by Crippen LogP contribution is -2.43. The second-order valence-corrected chi connectivity index (χ2v) is 5.10. The Hall–Kier alpha value is -2.08. The number of ether oxygens (including phenoxy) is 1. The number of carboxylic acid groups (broad SMARTS) is 1. The third-order valence-electron chi connectivity index (χ3n) is 2.87. The summed E-state index contributed by atoms with van der Waals surface area (Å²) in [7, 11) is 0. The molecule has 1 atom stereocenters. The van der Waals surface area contributed by atoms with E-state index in [4.69, 9.17) is 14.9 Å². The van der Waals surface area contributed by atoms with E-state index in [0.29, 0.717) is 23.8 Å². The molecule has 1 rings (SSSR count). The van der Waals surface area contributed by atoms with Crippen LogP contribution in [0.2, 0.25) is 0 Å². The van der Waals surface area contributed by atoms with Crippen molar-refractivity contribution in [2.24, 2.45) is 5.92 Å². The molecule has 0 aliphatic carbocycles. The van der Waals surface area contributed by atoms with E-state index in [2.05, 4.69) is 19.2 Å². The van der Waals surface area contributed by atoms with Gasteiger partial charge in [-0.3, -0.25) is 4.79 Å². The molecule has 0 spiro atoms. The largest absolute Gasteiger partial charge is 0.494 e. The Bertz CT molecular complexity index is 469. The molecule has 1 aromatic carbocycles. The minimum atomic E-state index is -1.31. The average Bonchev–Trinajstić information content (AvgIpc) is 2.44. The Morgan fingerprint density at radius 1 is 1.24 bits per heavy atom. The molecule has 21 heavy (non-hydrogen) atoms. The van der Waals surface area contributed by atoms with Crippen molar-refractivity contribution in [2.45, 2.75) is 26.3 Å². The molecule has 0 aliphatic rings. The van der Waals surface area contributed by atoms with Crippen LogP contribution in [0.3, 0.4) is 0 Å². The summed E-state index contributed by atoms with van der Waals surface area (Å²) in [5.41, 5.74) is 0.311. The van der Waals surface area contributed by atoms with Crippen LogP contribution in [-0.2, 0) is 4.79 Å². The zero-order valence-electron chi connectivity index (χ0n) is 12.2. The molecule has 116 valence electrons. The van der Waals surface area contributed by atoms with Gasteiger partial charge in [0.25, 0.3) is 5.91 Å². The van der Waals surface area contributed by atoms with Gasteiger partial charge in [0.1, 0.15) is 5.75 Å². The second kappa shape index (κ2) is 8.26. The molecule has 6 nitrogen and oxygen atoms in total. The quantitative estimate of drug-likeness (QED) is 0.671. The summed E-state index contributed by atoms with van der Waals surface area (Å²) in [5.74, 6) is -0.615. The number of hydrogen-bond donors (Lipinski definition) is 3. The summed E-state index contributed by atoms with van der Waals surface area (Å²) < 4.78 is 5.53. The van der Waals surface area contributed by atoms with Gasteiger partial charge in [0.05, 0.1) is 13.2 Å². The van der Waals surface area contributed by atoms with E-state index in [1.54, 1.807) is 24.3 Å². The maximum atomic E-state index is 11.8. The predicted molar refractivity (Wildman–Crippen MR) is 77.4 cm³/mol. The normalized spacial score (nSPS) is 12.0. The van der Waals surface area contributed by atoms with Gasteiger partial charge in [-0.05, 0) is 36.6 Å². The number of benzene rings is 1. The molecule has 0 saturated carbocycles. The standard InChI is InChI=1S/C15H21NO5/c1-10(2)7-8-21-12-5-3-11(4-6-12)14(18)16-13(9-17)15(19)20/h3-6,10,13,17H,7-9H2,1-2H3,(H,16,18)(H,19,20). The first-order valence-corrected chi connectivity index (χ1v) is 6.81. The third kappa shape index (κ3) is 5.83. The molecule has 0 heterocycles. The van der Waals surface area contributed by atoms with Gasteiger partial charge in [0.2, 0.25) is 0 Å². The van der Waals surface area contributed by atoms with E-state index in [-0.39, 0.29) is 0 Å². The van der Waals surface area contributed by atoms with Crippen molar-refractivity contribution in [1.29, 1.82) is 0 Å². The van der Waals surface area contributed by atoms with Gasteiger partial charge in [0.15, 0.2) is 6.04 Å². The Morgan fingerprint density at radius 3 is 2.33 bits per heavy atom. The number of nitrogens with one attached hydrogen (secondary N) is 1. The van der Waals surface area contributed by atoms with Crippen molar-refractivity contribution in [3.05, 3.63) is 29.8 Å². The fourth-order valence-corrected chi connectivity index (χ4v) is 1.54. The van der Waals surface area contributed by atoms with Gasteiger partial charge in [-0.1, -0.05) is 13.8 Å². The summed E-state index contributed by atoms with van der Waals surface area (Å²) >= 11 is 0. The number of rotatable bonds is 8. The molecular formula is C15H21NO5. The molecular weight excluding hydrogens is 274 g/mol. The molecule has 1 aromatic rings. The van der Waals surface area contributed by atoms with Crippen LogP contribution < -0.4 is 10.1 Å². The lowest BCUT2D eigenvalue weighted by Gasteiger charge is -2.12. The zero-order valence-corrected chi connectivity index (χ0v) is 12.2. The van der Waals surface area contributed by atoms with Crippen LogP contribution in [0, 0.1) is 5.92 Å². The first-order valence-electron chi connectivity index (χ1n) is 6.81. The van der Waals surface area contributed by atoms with E-state index in [1.807, 2.05) is 0 Å². The number of carboxylic acids is 1. The smallest absolute Gasteiger partial charge is 0.328 e. The fraction of sp³-hybridized carbons (Fsp3) is 0.467. The Morgan fingerprint density at radius 2 is 1.86 bits per heavy atom. The summed E-state index contributed by atoms with van der Waals surface area (Å²) in [6, 6.07) is 5.11. The summed E-state index contributed by atoms with van der Waals surface area (Å²) in [5, 5.41) is 19.9. The summed E-state index contributed by atoms with van der Waals surface area (Å²) in [6.07, 6.45) is 0.943. The third-order valence-corrected chi connectivity index (χ3v) is 2.87. The molecule has 1 unspecified atom stereocenters. The molecule has 3 N–H and O–H groups in total. The van der Waals surface area contributed by atoms with Gasteiger partial charge in [-0.2, -0.15) is 0 Å². The molecule has 0 aromatic heterocycles. The van der Waals surface area contributed by atoms with Crippen LogP contribution in [0.5, 0.6) is 5.75 Å². The van der Waals surface area contributed by atoms with E-state index >= 15 is 0 Å². The molecule has 0 saturated heterocycles. The van der Waals surface area contributed by atoms with Crippen LogP contribution in [0.15, 0.2) is 24.3 Å². The van der Waals surface area contributed by atoms with Crippen LogP contribution in [0.1, 0.15) is 30.6 Å². The van der Waals surface area contributed by atoms with E-state index < -0.39 is 24.5 Å². The number of hydrogen-bond acceptors (Lipinski definition) is 4. The second-order valence-electron chi connectivity index (χ2n) is 5.10. The number of amides is 1. The average molecular weight is 295 g/mol. The van der Waals surface area contributed by atoms with Crippen LogP contribution >= 0.6 is 0 Å². The number of aliphatic carboxylic acids is 1. The molecule has 0 bridgehead atoms. The number of aliphatic hydroxyl groups excluding tert-OH is 1. The number of carbonyl (C=O) groups is 2. The monoisotopic (exact) mass is 295 g/mol. The molecule has 0 radical (unpaired) electrons. The zero-order chi connectivity index (χ0) is 15.8. The number of carbonyl (C=O) groups excluding carboxylic acids is 1. The fourth-order valence-electron chi connectivity index (χ4n) is 1.54. The first kappa shape index (κ1) is 17.0. The van der Waals surface area contributed by atoms with E-state index in [9.17, 15) is 9.59 Å². The van der Waals surface area contributed by atoms with Crippen LogP contribution in [0.4, 0.5) is 0 Å². The first-order chi connectivity index (χ1) is 9.93. The topological polar surface area (TPSA) is 95.9 Å². The van der Waals surface area contributed by atoms with Crippen molar-refractivity contribution in [1.82, 2.24) is 5.32 Å². The molecule has 1 amide bonds. The van der Waals surface area contributed by atoms with Crippen molar-refractivity contribution in [2.75, 3.05) is 13.2 Å². The molecule has 6 heteroatoms. The summed E-state index contributed by atoms with van der Waals surface area (Å²) in [4.78, 5) is 22.5. The summed E-state index contributed by atoms with van der Waals surface area (Å²) in [6.45, 7) is 4.17. The highest BCUT2D eigenvalue weighted by Gasteiger charge is 2.19. The molecule has 0 aliphatic heterocycles. The lowest BCUT2D eigenvalue weighted by atomic mass is 10.1. The SMILES string of the molecule is CC(C)CCOc1ccc(C(=O)NC(CO)C(=O)O)cc1. The van der Waals surface area contributed by atoms with Gasteiger partial charge >= 0.3 is 5.97 Å².